The quantitative estimate of drug-likeness (QED) is 0.770. The standard InChI is InChI=1S/C19H21NO2S/c1-20(15-8-3-2-4-9-15)19(21)17-11-5-6-12-18(17)23-14-16-10-7-13-22-16/h2-6,8-9,11-12,16H,7,10,13-14H2,1H3. The van der Waals surface area contributed by atoms with Crippen LogP contribution in [0.4, 0.5) is 5.69 Å². The van der Waals surface area contributed by atoms with E-state index in [0.717, 1.165) is 41.3 Å². The van der Waals surface area contributed by atoms with Gasteiger partial charge in [0, 0.05) is 30.0 Å². The Morgan fingerprint density at radius 2 is 1.91 bits per heavy atom. The fraction of sp³-hybridized carbons (Fsp3) is 0.316. The Morgan fingerprint density at radius 1 is 1.17 bits per heavy atom. The summed E-state index contributed by atoms with van der Waals surface area (Å²) < 4.78 is 5.68. The SMILES string of the molecule is CN(C(=O)c1ccccc1SCC1CCCO1)c1ccccc1. The fourth-order valence-corrected chi connectivity index (χ4v) is 3.79. The van der Waals surface area contributed by atoms with Gasteiger partial charge in [-0.1, -0.05) is 30.3 Å². The second-order valence-corrected chi connectivity index (χ2v) is 6.70. The van der Waals surface area contributed by atoms with Gasteiger partial charge in [0.1, 0.15) is 0 Å². The minimum Gasteiger partial charge on any atom is -0.377 e. The molecular formula is C19H21NO2S. The van der Waals surface area contributed by atoms with E-state index in [4.69, 9.17) is 4.74 Å². The van der Waals surface area contributed by atoms with Crippen molar-refractivity contribution >= 4 is 23.4 Å². The van der Waals surface area contributed by atoms with Crippen molar-refractivity contribution in [3.63, 3.8) is 0 Å². The van der Waals surface area contributed by atoms with E-state index in [1.165, 1.54) is 0 Å². The highest BCUT2D eigenvalue weighted by atomic mass is 32.2. The van der Waals surface area contributed by atoms with Gasteiger partial charge in [-0.3, -0.25) is 4.79 Å². The Balaban J connectivity index is 1.74. The number of carbonyl (C=O) groups is 1. The normalized spacial score (nSPS) is 17.2. The van der Waals surface area contributed by atoms with Crippen molar-refractivity contribution in [3.8, 4) is 0 Å². The molecule has 0 spiro atoms. The van der Waals surface area contributed by atoms with E-state index in [1.807, 2.05) is 61.6 Å². The molecule has 23 heavy (non-hydrogen) atoms. The molecule has 0 radical (unpaired) electrons. The second kappa shape index (κ2) is 7.66. The first kappa shape index (κ1) is 16.1. The van der Waals surface area contributed by atoms with Crippen LogP contribution in [-0.2, 0) is 4.74 Å². The van der Waals surface area contributed by atoms with Gasteiger partial charge in [-0.25, -0.2) is 0 Å². The van der Waals surface area contributed by atoms with Crippen molar-refractivity contribution in [1.29, 1.82) is 0 Å². The van der Waals surface area contributed by atoms with Gasteiger partial charge in [-0.2, -0.15) is 0 Å². The third-order valence-electron chi connectivity index (χ3n) is 4.01. The summed E-state index contributed by atoms with van der Waals surface area (Å²) in [6, 6.07) is 17.5. The van der Waals surface area contributed by atoms with Gasteiger partial charge in [0.2, 0.25) is 0 Å². The molecule has 1 aliphatic heterocycles. The smallest absolute Gasteiger partial charge is 0.259 e. The summed E-state index contributed by atoms with van der Waals surface area (Å²) in [5.74, 6) is 0.922. The number of anilines is 1. The zero-order chi connectivity index (χ0) is 16.1. The topological polar surface area (TPSA) is 29.5 Å². The minimum atomic E-state index is 0.0200. The van der Waals surface area contributed by atoms with E-state index >= 15 is 0 Å². The molecule has 4 heteroatoms. The summed E-state index contributed by atoms with van der Waals surface area (Å²) in [7, 11) is 1.82. The number of hydrogen-bond acceptors (Lipinski definition) is 3. The monoisotopic (exact) mass is 327 g/mol. The van der Waals surface area contributed by atoms with Crippen molar-refractivity contribution in [2.45, 2.75) is 23.8 Å². The van der Waals surface area contributed by atoms with Gasteiger partial charge in [0.25, 0.3) is 5.91 Å². The summed E-state index contributed by atoms with van der Waals surface area (Å²) in [6.07, 6.45) is 2.57. The molecule has 1 amide bonds. The van der Waals surface area contributed by atoms with E-state index in [0.29, 0.717) is 6.10 Å². The number of rotatable bonds is 5. The van der Waals surface area contributed by atoms with Crippen molar-refractivity contribution in [3.05, 3.63) is 60.2 Å². The molecule has 1 fully saturated rings. The largest absolute Gasteiger partial charge is 0.377 e. The van der Waals surface area contributed by atoms with Gasteiger partial charge in [-0.15, -0.1) is 11.8 Å². The molecule has 120 valence electrons. The van der Waals surface area contributed by atoms with Crippen LogP contribution in [0.25, 0.3) is 0 Å². The van der Waals surface area contributed by atoms with Gasteiger partial charge in [-0.05, 0) is 37.1 Å². The molecule has 0 aliphatic carbocycles. The second-order valence-electron chi connectivity index (χ2n) is 5.64. The molecule has 1 saturated heterocycles. The number of amides is 1. The summed E-state index contributed by atoms with van der Waals surface area (Å²) in [6.45, 7) is 0.864. The van der Waals surface area contributed by atoms with Crippen LogP contribution < -0.4 is 4.90 Å². The fourth-order valence-electron chi connectivity index (χ4n) is 2.68. The van der Waals surface area contributed by atoms with Gasteiger partial charge < -0.3 is 9.64 Å². The molecule has 0 bridgehead atoms. The zero-order valence-electron chi connectivity index (χ0n) is 13.3. The van der Waals surface area contributed by atoms with Crippen LogP contribution in [0.2, 0.25) is 0 Å². The van der Waals surface area contributed by atoms with Gasteiger partial charge in [0.15, 0.2) is 0 Å². The predicted molar refractivity (Wildman–Crippen MR) is 95.3 cm³/mol. The first-order chi connectivity index (χ1) is 11.3. The summed E-state index contributed by atoms with van der Waals surface area (Å²) in [5, 5.41) is 0. The van der Waals surface area contributed by atoms with E-state index in [-0.39, 0.29) is 5.91 Å². The van der Waals surface area contributed by atoms with Crippen LogP contribution in [0, 0.1) is 0 Å². The van der Waals surface area contributed by atoms with Crippen molar-refractivity contribution in [2.24, 2.45) is 0 Å². The van der Waals surface area contributed by atoms with E-state index in [2.05, 4.69) is 0 Å². The Kier molecular flexibility index (Phi) is 5.36. The molecule has 1 heterocycles. The molecule has 1 unspecified atom stereocenters. The lowest BCUT2D eigenvalue weighted by molar-refractivity contribution is 0.0990. The maximum absolute atomic E-state index is 12.8. The number of nitrogens with zero attached hydrogens (tertiary/aromatic N) is 1. The number of para-hydroxylation sites is 1. The van der Waals surface area contributed by atoms with Gasteiger partial charge in [0.05, 0.1) is 11.7 Å². The van der Waals surface area contributed by atoms with E-state index < -0.39 is 0 Å². The molecule has 2 aromatic carbocycles. The lowest BCUT2D eigenvalue weighted by Gasteiger charge is -2.19. The number of benzene rings is 2. The lowest BCUT2D eigenvalue weighted by atomic mass is 10.2. The molecule has 2 aromatic rings. The summed E-state index contributed by atoms with van der Waals surface area (Å²) >= 11 is 1.71. The highest BCUT2D eigenvalue weighted by molar-refractivity contribution is 7.99. The van der Waals surface area contributed by atoms with Crippen molar-refractivity contribution < 1.29 is 9.53 Å². The molecule has 3 nitrogen and oxygen atoms in total. The van der Waals surface area contributed by atoms with Crippen LogP contribution >= 0.6 is 11.8 Å². The van der Waals surface area contributed by atoms with E-state index in [9.17, 15) is 4.79 Å². The first-order valence-corrected chi connectivity index (χ1v) is 8.91. The van der Waals surface area contributed by atoms with Crippen LogP contribution in [-0.4, -0.2) is 31.4 Å². The van der Waals surface area contributed by atoms with Crippen LogP contribution in [0.5, 0.6) is 0 Å². The zero-order valence-corrected chi connectivity index (χ0v) is 14.1. The summed E-state index contributed by atoms with van der Waals surface area (Å²) in [5.41, 5.74) is 1.65. The molecule has 1 atom stereocenters. The number of ether oxygens (including phenoxy) is 1. The molecular weight excluding hydrogens is 306 g/mol. The maximum atomic E-state index is 12.8. The van der Waals surface area contributed by atoms with Crippen LogP contribution in [0.15, 0.2) is 59.5 Å². The molecule has 0 N–H and O–H groups in total. The van der Waals surface area contributed by atoms with Crippen LogP contribution in [0.1, 0.15) is 23.2 Å². The average molecular weight is 327 g/mol. The Hall–Kier alpha value is -1.78. The van der Waals surface area contributed by atoms with Crippen molar-refractivity contribution in [1.82, 2.24) is 0 Å². The maximum Gasteiger partial charge on any atom is 0.259 e. The third-order valence-corrected chi connectivity index (χ3v) is 5.22. The number of thioether (sulfide) groups is 1. The third kappa shape index (κ3) is 3.95. The Labute approximate surface area is 141 Å². The summed E-state index contributed by atoms with van der Waals surface area (Å²) in [4.78, 5) is 15.6. The van der Waals surface area contributed by atoms with E-state index in [1.54, 1.807) is 16.7 Å². The molecule has 0 aromatic heterocycles. The van der Waals surface area contributed by atoms with Gasteiger partial charge >= 0.3 is 0 Å². The lowest BCUT2D eigenvalue weighted by Crippen LogP contribution is -2.26. The number of hydrogen-bond donors (Lipinski definition) is 0. The van der Waals surface area contributed by atoms with Crippen LogP contribution in [0.3, 0.4) is 0 Å². The highest BCUT2D eigenvalue weighted by Gasteiger charge is 2.20. The Morgan fingerprint density at radius 3 is 2.65 bits per heavy atom. The average Bonchev–Trinajstić information content (AvgIpc) is 3.13. The predicted octanol–water partition coefficient (Wildman–Crippen LogP) is 4.23. The van der Waals surface area contributed by atoms with Crippen molar-refractivity contribution in [2.75, 3.05) is 24.3 Å². The Bertz CT molecular complexity index is 653. The molecule has 0 saturated carbocycles. The molecule has 3 rings (SSSR count). The highest BCUT2D eigenvalue weighted by Crippen LogP contribution is 2.28. The minimum absolute atomic E-state index is 0.0200. The number of carbonyl (C=O) groups excluding carboxylic acids is 1. The molecule has 1 aliphatic rings. The first-order valence-electron chi connectivity index (χ1n) is 7.92.